The van der Waals surface area contributed by atoms with Crippen molar-refractivity contribution in [1.29, 1.82) is 5.26 Å². The third-order valence-electron chi connectivity index (χ3n) is 3.34. The number of rotatable bonds is 3. The number of fused-ring (bicyclic) bond motifs is 1. The van der Waals surface area contributed by atoms with Crippen LogP contribution in [-0.4, -0.2) is 6.61 Å². The molecule has 0 spiro atoms. The van der Waals surface area contributed by atoms with Crippen LogP contribution in [0.15, 0.2) is 39.3 Å². The maximum Gasteiger partial charge on any atom is 0.127 e. The molecule has 5 heteroatoms. The number of anilines is 1. The van der Waals surface area contributed by atoms with Crippen LogP contribution < -0.4 is 10.1 Å². The van der Waals surface area contributed by atoms with E-state index in [2.05, 4.69) is 55.4 Å². The molecule has 0 fully saturated rings. The van der Waals surface area contributed by atoms with Gasteiger partial charge < -0.3 is 10.1 Å². The molecule has 2 aromatic rings. The molecule has 3 nitrogen and oxygen atoms in total. The van der Waals surface area contributed by atoms with Gasteiger partial charge >= 0.3 is 0 Å². The molecule has 1 N–H and O–H groups in total. The highest BCUT2D eigenvalue weighted by Gasteiger charge is 2.17. The minimum absolute atomic E-state index is 0.627. The first-order valence-corrected chi connectivity index (χ1v) is 8.13. The average molecular weight is 408 g/mol. The molecule has 0 radical (unpaired) electrons. The lowest BCUT2D eigenvalue weighted by Gasteiger charge is -2.12. The lowest BCUT2D eigenvalue weighted by Crippen LogP contribution is -2.02. The van der Waals surface area contributed by atoms with E-state index in [0.717, 1.165) is 39.0 Å². The first kappa shape index (κ1) is 14.4. The molecule has 0 aliphatic carbocycles. The van der Waals surface area contributed by atoms with Crippen molar-refractivity contribution in [3.63, 3.8) is 0 Å². The minimum atomic E-state index is 0.627. The maximum absolute atomic E-state index is 9.01. The van der Waals surface area contributed by atoms with Crippen molar-refractivity contribution in [1.82, 2.24) is 0 Å². The molecule has 0 saturated heterocycles. The summed E-state index contributed by atoms with van der Waals surface area (Å²) in [6, 6.07) is 11.9. The molecule has 0 bridgehead atoms. The first-order valence-electron chi connectivity index (χ1n) is 6.54. The third kappa shape index (κ3) is 3.22. The SMILES string of the molecule is N#Cc1cc(Br)cc(NCc2cc(Br)cc3c2OCC3)c1. The summed E-state index contributed by atoms with van der Waals surface area (Å²) in [7, 11) is 0. The van der Waals surface area contributed by atoms with Gasteiger partial charge in [0.25, 0.3) is 0 Å². The van der Waals surface area contributed by atoms with E-state index in [1.165, 1.54) is 5.56 Å². The summed E-state index contributed by atoms with van der Waals surface area (Å²) in [6.07, 6.45) is 0.956. The fourth-order valence-corrected chi connectivity index (χ4v) is 3.48. The summed E-state index contributed by atoms with van der Waals surface area (Å²) in [5.41, 5.74) is 3.90. The molecule has 106 valence electrons. The highest BCUT2D eigenvalue weighted by molar-refractivity contribution is 9.10. The summed E-state index contributed by atoms with van der Waals surface area (Å²) >= 11 is 6.96. The number of benzene rings is 2. The quantitative estimate of drug-likeness (QED) is 0.806. The van der Waals surface area contributed by atoms with Crippen molar-refractivity contribution in [2.45, 2.75) is 13.0 Å². The largest absolute Gasteiger partial charge is 0.493 e. The third-order valence-corrected chi connectivity index (χ3v) is 4.25. The monoisotopic (exact) mass is 406 g/mol. The number of ether oxygens (including phenoxy) is 1. The van der Waals surface area contributed by atoms with Gasteiger partial charge in [-0.1, -0.05) is 31.9 Å². The summed E-state index contributed by atoms with van der Waals surface area (Å²) in [5, 5.41) is 12.4. The molecule has 0 amide bonds. The van der Waals surface area contributed by atoms with Gasteiger partial charge in [-0.25, -0.2) is 0 Å². The lowest BCUT2D eigenvalue weighted by atomic mass is 10.1. The van der Waals surface area contributed by atoms with E-state index in [4.69, 9.17) is 10.00 Å². The molecule has 21 heavy (non-hydrogen) atoms. The Bertz CT molecular complexity index is 738. The summed E-state index contributed by atoms with van der Waals surface area (Å²) in [6.45, 7) is 1.40. The van der Waals surface area contributed by atoms with Crippen LogP contribution in [0.3, 0.4) is 0 Å². The van der Waals surface area contributed by atoms with Gasteiger partial charge in [0.1, 0.15) is 5.75 Å². The van der Waals surface area contributed by atoms with Gasteiger partial charge in [-0.2, -0.15) is 5.26 Å². The lowest BCUT2D eigenvalue weighted by molar-refractivity contribution is 0.354. The van der Waals surface area contributed by atoms with Crippen molar-refractivity contribution < 1.29 is 4.74 Å². The summed E-state index contributed by atoms with van der Waals surface area (Å²) in [5.74, 6) is 0.987. The Morgan fingerprint density at radius 1 is 1.14 bits per heavy atom. The van der Waals surface area contributed by atoms with E-state index in [9.17, 15) is 0 Å². The summed E-state index contributed by atoms with van der Waals surface area (Å²) in [4.78, 5) is 0. The second kappa shape index (κ2) is 6.08. The van der Waals surface area contributed by atoms with Crippen LogP contribution in [0, 0.1) is 11.3 Å². The highest BCUT2D eigenvalue weighted by Crippen LogP contribution is 2.33. The zero-order chi connectivity index (χ0) is 14.8. The number of nitrogens with zero attached hydrogens (tertiary/aromatic N) is 1. The summed E-state index contributed by atoms with van der Waals surface area (Å²) < 4.78 is 7.67. The Labute approximate surface area is 140 Å². The molecule has 1 heterocycles. The number of halogens is 2. The topological polar surface area (TPSA) is 45.0 Å². The van der Waals surface area contributed by atoms with Crippen LogP contribution in [0.5, 0.6) is 5.75 Å². The van der Waals surface area contributed by atoms with E-state index in [-0.39, 0.29) is 0 Å². The maximum atomic E-state index is 9.01. The van der Waals surface area contributed by atoms with Gasteiger partial charge in [-0.3, -0.25) is 0 Å². The van der Waals surface area contributed by atoms with E-state index in [1.54, 1.807) is 6.07 Å². The minimum Gasteiger partial charge on any atom is -0.493 e. The Hall–Kier alpha value is -1.51. The standard InChI is InChI=1S/C16H12Br2N2O/c17-13-3-10(8-19)4-15(7-13)20-9-12-6-14(18)5-11-1-2-21-16(11)12/h3-7,20H,1-2,9H2. The van der Waals surface area contributed by atoms with Crippen molar-refractivity contribution in [3.8, 4) is 11.8 Å². The zero-order valence-corrected chi connectivity index (χ0v) is 14.3. The highest BCUT2D eigenvalue weighted by atomic mass is 79.9. The molecule has 0 atom stereocenters. The van der Waals surface area contributed by atoms with Crippen LogP contribution in [-0.2, 0) is 13.0 Å². The fraction of sp³-hybridized carbons (Fsp3) is 0.188. The zero-order valence-electron chi connectivity index (χ0n) is 11.1. The van der Waals surface area contributed by atoms with Crippen molar-refractivity contribution in [3.05, 3.63) is 56.0 Å². The van der Waals surface area contributed by atoms with Crippen LogP contribution in [0.2, 0.25) is 0 Å². The normalized spacial score (nSPS) is 12.4. The average Bonchev–Trinajstić information content (AvgIpc) is 2.92. The number of hydrogen-bond acceptors (Lipinski definition) is 3. The second-order valence-corrected chi connectivity index (χ2v) is 6.68. The predicted octanol–water partition coefficient (Wildman–Crippen LogP) is 4.63. The molecular weight excluding hydrogens is 396 g/mol. The van der Waals surface area contributed by atoms with Crippen LogP contribution >= 0.6 is 31.9 Å². The van der Waals surface area contributed by atoms with E-state index in [0.29, 0.717) is 12.1 Å². The van der Waals surface area contributed by atoms with E-state index < -0.39 is 0 Å². The van der Waals surface area contributed by atoms with E-state index >= 15 is 0 Å². The van der Waals surface area contributed by atoms with Gasteiger partial charge in [0.2, 0.25) is 0 Å². The molecule has 1 aliphatic heterocycles. The van der Waals surface area contributed by atoms with E-state index in [1.807, 2.05) is 12.1 Å². The van der Waals surface area contributed by atoms with Gasteiger partial charge in [-0.15, -0.1) is 0 Å². The molecular formula is C16H12Br2N2O. The predicted molar refractivity (Wildman–Crippen MR) is 89.5 cm³/mol. The van der Waals surface area contributed by atoms with Crippen LogP contribution in [0.1, 0.15) is 16.7 Å². The molecule has 2 aromatic carbocycles. The molecule has 0 saturated carbocycles. The van der Waals surface area contributed by atoms with Gasteiger partial charge in [0.15, 0.2) is 0 Å². The Morgan fingerprint density at radius 3 is 2.76 bits per heavy atom. The number of nitriles is 1. The van der Waals surface area contributed by atoms with Crippen LogP contribution in [0.25, 0.3) is 0 Å². The molecule has 0 unspecified atom stereocenters. The Morgan fingerprint density at radius 2 is 1.95 bits per heavy atom. The van der Waals surface area contributed by atoms with Gasteiger partial charge in [-0.05, 0) is 35.9 Å². The van der Waals surface area contributed by atoms with Crippen molar-refractivity contribution in [2.24, 2.45) is 0 Å². The Balaban J connectivity index is 1.83. The fourth-order valence-electron chi connectivity index (χ4n) is 2.43. The van der Waals surface area contributed by atoms with Gasteiger partial charge in [0.05, 0.1) is 18.2 Å². The molecule has 0 aromatic heterocycles. The van der Waals surface area contributed by atoms with Gasteiger partial charge in [0, 0.05) is 33.2 Å². The van der Waals surface area contributed by atoms with Crippen molar-refractivity contribution in [2.75, 3.05) is 11.9 Å². The smallest absolute Gasteiger partial charge is 0.127 e. The van der Waals surface area contributed by atoms with Crippen molar-refractivity contribution >= 4 is 37.5 Å². The molecule has 3 rings (SSSR count). The Kier molecular flexibility index (Phi) is 4.18. The number of hydrogen-bond donors (Lipinski definition) is 1. The number of nitrogens with one attached hydrogen (secondary N) is 1. The molecule has 1 aliphatic rings. The second-order valence-electron chi connectivity index (χ2n) is 4.85. The first-order chi connectivity index (χ1) is 10.2. The van der Waals surface area contributed by atoms with Crippen LogP contribution in [0.4, 0.5) is 5.69 Å².